The molecule has 1 amide bonds. The molecule has 1 saturated carbocycles. The Labute approximate surface area is 119 Å². The Bertz CT molecular complexity index is 460. The number of hydrogen-bond donors (Lipinski definition) is 2. The fraction of sp³-hybridized carbons (Fsp3) is 0.714. The van der Waals surface area contributed by atoms with Crippen LogP contribution >= 0.6 is 0 Å². The van der Waals surface area contributed by atoms with Crippen molar-refractivity contribution in [1.29, 1.82) is 0 Å². The van der Waals surface area contributed by atoms with Crippen LogP contribution in [0, 0.1) is 0 Å². The molecule has 6 heteroatoms. The van der Waals surface area contributed by atoms with Crippen LogP contribution in [0.3, 0.4) is 0 Å². The summed E-state index contributed by atoms with van der Waals surface area (Å²) in [6, 6.07) is 1.12. The Morgan fingerprint density at radius 1 is 1.35 bits per heavy atom. The van der Waals surface area contributed by atoms with Gasteiger partial charge in [0.05, 0.1) is 6.33 Å². The number of amides is 1. The summed E-state index contributed by atoms with van der Waals surface area (Å²) in [5.41, 5.74) is 5.97. The first-order valence-corrected chi connectivity index (χ1v) is 7.53. The Morgan fingerprint density at radius 2 is 2.10 bits per heavy atom. The van der Waals surface area contributed by atoms with E-state index < -0.39 is 0 Å². The Morgan fingerprint density at radius 3 is 2.75 bits per heavy atom. The first-order valence-electron chi connectivity index (χ1n) is 7.53. The summed E-state index contributed by atoms with van der Waals surface area (Å²) < 4.78 is 1.85. The number of likely N-dealkylation sites (tertiary alicyclic amines) is 1. The summed E-state index contributed by atoms with van der Waals surface area (Å²) >= 11 is 0. The molecule has 3 N–H and O–H groups in total. The molecule has 2 heterocycles. The molecule has 1 aromatic heterocycles. The van der Waals surface area contributed by atoms with Crippen molar-refractivity contribution in [3.63, 3.8) is 0 Å². The maximum atomic E-state index is 12.1. The van der Waals surface area contributed by atoms with E-state index in [0.29, 0.717) is 18.8 Å². The van der Waals surface area contributed by atoms with Gasteiger partial charge in [-0.1, -0.05) is 0 Å². The summed E-state index contributed by atoms with van der Waals surface area (Å²) in [5, 5.41) is 3.10. The lowest BCUT2D eigenvalue weighted by Crippen LogP contribution is -2.45. The predicted octanol–water partition coefficient (Wildman–Crippen LogP) is 0.198. The zero-order valence-corrected chi connectivity index (χ0v) is 11.8. The molecule has 1 aromatic rings. The Balaban J connectivity index is 1.48. The van der Waals surface area contributed by atoms with Gasteiger partial charge in [-0.3, -0.25) is 4.79 Å². The Hall–Kier alpha value is -1.40. The number of piperidine rings is 1. The van der Waals surface area contributed by atoms with Crippen LogP contribution in [-0.4, -0.2) is 52.1 Å². The van der Waals surface area contributed by atoms with Crippen LogP contribution in [-0.2, 0) is 6.54 Å². The minimum Gasteiger partial charge on any atom is -0.348 e. The topological polar surface area (TPSA) is 76.2 Å². The van der Waals surface area contributed by atoms with Crippen molar-refractivity contribution >= 4 is 5.91 Å². The van der Waals surface area contributed by atoms with Crippen molar-refractivity contribution < 1.29 is 4.79 Å². The number of hydrogen-bond acceptors (Lipinski definition) is 4. The van der Waals surface area contributed by atoms with Gasteiger partial charge in [0.25, 0.3) is 5.91 Å². The second kappa shape index (κ2) is 5.93. The zero-order chi connectivity index (χ0) is 13.9. The summed E-state index contributed by atoms with van der Waals surface area (Å²) in [6.45, 7) is 3.46. The number of carbonyl (C=O) groups excluding carboxylic acids is 1. The fourth-order valence-electron chi connectivity index (χ4n) is 2.86. The van der Waals surface area contributed by atoms with Gasteiger partial charge < -0.3 is 20.5 Å². The van der Waals surface area contributed by atoms with E-state index in [-0.39, 0.29) is 11.9 Å². The highest BCUT2D eigenvalue weighted by atomic mass is 16.2. The monoisotopic (exact) mass is 277 g/mol. The van der Waals surface area contributed by atoms with Crippen LogP contribution in [0.15, 0.2) is 12.5 Å². The minimum absolute atomic E-state index is 0.0642. The molecule has 0 bridgehead atoms. The number of nitrogens with one attached hydrogen (secondary N) is 1. The van der Waals surface area contributed by atoms with E-state index in [2.05, 4.69) is 15.2 Å². The molecule has 1 aliphatic carbocycles. The zero-order valence-electron chi connectivity index (χ0n) is 11.8. The van der Waals surface area contributed by atoms with Gasteiger partial charge in [0.15, 0.2) is 0 Å². The third-order valence-electron chi connectivity index (χ3n) is 4.18. The molecule has 2 fully saturated rings. The van der Waals surface area contributed by atoms with E-state index in [9.17, 15) is 4.79 Å². The van der Waals surface area contributed by atoms with Crippen molar-refractivity contribution in [2.75, 3.05) is 19.6 Å². The van der Waals surface area contributed by atoms with Crippen molar-refractivity contribution in [2.45, 2.75) is 44.3 Å². The molecular weight excluding hydrogens is 254 g/mol. The van der Waals surface area contributed by atoms with Gasteiger partial charge in [-0.05, 0) is 25.7 Å². The molecular formula is C14H23N5O. The van der Waals surface area contributed by atoms with Crippen molar-refractivity contribution in [1.82, 2.24) is 19.8 Å². The van der Waals surface area contributed by atoms with E-state index in [0.717, 1.165) is 32.0 Å². The first kappa shape index (κ1) is 13.6. The van der Waals surface area contributed by atoms with E-state index in [1.807, 2.05) is 4.57 Å². The maximum Gasteiger partial charge on any atom is 0.271 e. The molecule has 1 aliphatic heterocycles. The average Bonchev–Trinajstić information content (AvgIpc) is 3.20. The highest BCUT2D eigenvalue weighted by molar-refractivity contribution is 5.92. The van der Waals surface area contributed by atoms with Crippen molar-refractivity contribution in [3.8, 4) is 0 Å². The van der Waals surface area contributed by atoms with Gasteiger partial charge >= 0.3 is 0 Å². The molecule has 0 radical (unpaired) electrons. The number of nitrogens with two attached hydrogens (primary N) is 1. The minimum atomic E-state index is -0.0642. The molecule has 2 aliphatic rings. The van der Waals surface area contributed by atoms with E-state index in [1.54, 1.807) is 12.5 Å². The van der Waals surface area contributed by atoms with Crippen LogP contribution in [0.4, 0.5) is 0 Å². The van der Waals surface area contributed by atoms with Crippen molar-refractivity contribution in [2.24, 2.45) is 5.73 Å². The number of nitrogens with zero attached hydrogens (tertiary/aromatic N) is 3. The normalized spacial score (nSPS) is 21.1. The van der Waals surface area contributed by atoms with Gasteiger partial charge in [-0.25, -0.2) is 4.98 Å². The smallest absolute Gasteiger partial charge is 0.271 e. The van der Waals surface area contributed by atoms with E-state index in [1.165, 1.54) is 12.8 Å². The highest BCUT2D eigenvalue weighted by Gasteiger charge is 2.32. The molecule has 3 rings (SSSR count). The molecule has 6 nitrogen and oxygen atoms in total. The number of imidazole rings is 1. The summed E-state index contributed by atoms with van der Waals surface area (Å²) in [4.78, 5) is 18.8. The van der Waals surface area contributed by atoms with Crippen LogP contribution in [0.5, 0.6) is 0 Å². The van der Waals surface area contributed by atoms with Gasteiger partial charge in [-0.15, -0.1) is 0 Å². The van der Waals surface area contributed by atoms with Crippen LogP contribution in [0.2, 0.25) is 0 Å². The lowest BCUT2D eigenvalue weighted by molar-refractivity contribution is 0.0904. The molecule has 0 spiro atoms. The number of carbonyl (C=O) groups is 1. The lowest BCUT2D eigenvalue weighted by Gasteiger charge is -2.32. The summed E-state index contributed by atoms with van der Waals surface area (Å²) in [7, 11) is 0. The van der Waals surface area contributed by atoms with Gasteiger partial charge in [0, 0.05) is 44.5 Å². The molecule has 0 unspecified atom stereocenters. The summed E-state index contributed by atoms with van der Waals surface area (Å²) in [5.74, 6) is -0.0642. The number of rotatable bonds is 5. The molecule has 20 heavy (non-hydrogen) atoms. The maximum absolute atomic E-state index is 12.1. The predicted molar refractivity (Wildman–Crippen MR) is 76.4 cm³/mol. The molecule has 0 aromatic carbocycles. The molecule has 0 atom stereocenters. The second-order valence-corrected chi connectivity index (χ2v) is 5.80. The van der Waals surface area contributed by atoms with Gasteiger partial charge in [0.2, 0.25) is 0 Å². The van der Waals surface area contributed by atoms with E-state index >= 15 is 0 Å². The lowest BCUT2D eigenvalue weighted by atomic mass is 10.0. The highest BCUT2D eigenvalue weighted by Crippen LogP contribution is 2.29. The first-order chi connectivity index (χ1) is 9.76. The fourth-order valence-corrected chi connectivity index (χ4v) is 2.86. The number of aromatic nitrogens is 2. The average molecular weight is 277 g/mol. The standard InChI is InChI=1S/C14H23N5O/c15-5-8-18-9-13(16-10-18)14(20)17-11-3-6-19(7-4-11)12-1-2-12/h9-12H,1-8,15H2,(H,17,20). The quantitative estimate of drug-likeness (QED) is 0.806. The van der Waals surface area contributed by atoms with Crippen molar-refractivity contribution in [3.05, 3.63) is 18.2 Å². The van der Waals surface area contributed by atoms with Crippen LogP contribution in [0.25, 0.3) is 0 Å². The second-order valence-electron chi connectivity index (χ2n) is 5.80. The molecule has 1 saturated heterocycles. The third-order valence-corrected chi connectivity index (χ3v) is 4.18. The third kappa shape index (κ3) is 3.19. The summed E-state index contributed by atoms with van der Waals surface area (Å²) in [6.07, 6.45) is 8.24. The van der Waals surface area contributed by atoms with Crippen LogP contribution < -0.4 is 11.1 Å². The van der Waals surface area contributed by atoms with Crippen LogP contribution in [0.1, 0.15) is 36.2 Å². The van der Waals surface area contributed by atoms with Gasteiger partial charge in [0.1, 0.15) is 5.69 Å². The largest absolute Gasteiger partial charge is 0.348 e. The van der Waals surface area contributed by atoms with Gasteiger partial charge in [-0.2, -0.15) is 0 Å². The molecule has 110 valence electrons. The van der Waals surface area contributed by atoms with E-state index in [4.69, 9.17) is 5.73 Å². The SMILES string of the molecule is NCCn1cnc(C(=O)NC2CCN(C3CC3)CC2)c1. The Kier molecular flexibility index (Phi) is 4.03.